The Bertz CT molecular complexity index is 1420. The highest BCUT2D eigenvalue weighted by Gasteiger charge is 2.31. The maximum Gasteiger partial charge on any atom is 0.416 e. The van der Waals surface area contributed by atoms with Crippen molar-refractivity contribution < 1.29 is 26.3 Å². The van der Waals surface area contributed by atoms with E-state index in [1.165, 1.54) is 42.5 Å². The lowest BCUT2D eigenvalue weighted by atomic mass is 10.1. The fraction of sp³-hybridized carbons (Fsp3) is 0.0833. The van der Waals surface area contributed by atoms with Crippen molar-refractivity contribution in [1.82, 2.24) is 9.55 Å². The fourth-order valence-corrected chi connectivity index (χ4v) is 3.32. The summed E-state index contributed by atoms with van der Waals surface area (Å²) in [5, 5.41) is 0.186. The molecule has 0 radical (unpaired) electrons. The van der Waals surface area contributed by atoms with Gasteiger partial charge in [0.1, 0.15) is 5.82 Å². The summed E-state index contributed by atoms with van der Waals surface area (Å²) in [6.45, 7) is 0. The molecule has 168 valence electrons. The number of halogens is 6. The largest absolute Gasteiger partial charge is 0.416 e. The molecule has 3 aromatic carbocycles. The molecule has 0 amide bonds. The average molecular weight is 460 g/mol. The highest BCUT2D eigenvalue weighted by molar-refractivity contribution is 5.80. The lowest BCUT2D eigenvalue weighted by Crippen LogP contribution is -2.22. The molecular weight excluding hydrogens is 446 g/mol. The summed E-state index contributed by atoms with van der Waals surface area (Å²) in [5.41, 5.74) is -2.00. The first-order valence-corrected chi connectivity index (χ1v) is 9.59. The molecule has 0 saturated carbocycles. The standard InChI is InChI=1S/C24H14F6N2O/c25-23(26,27)16-6-3-5-15(13-16)11-12-21-31-20-10-2-1-9-19(20)22(33)32(21)18-8-4-7-17(14-18)24(28,29)30/h1-14H/b12-11-. The van der Waals surface area contributed by atoms with Crippen molar-refractivity contribution in [3.05, 3.63) is 106 Å². The fourth-order valence-electron chi connectivity index (χ4n) is 3.32. The first kappa shape index (κ1) is 22.3. The normalized spacial score (nSPS) is 12.5. The van der Waals surface area contributed by atoms with Crippen LogP contribution in [0.4, 0.5) is 26.3 Å². The molecule has 9 heteroatoms. The first-order chi connectivity index (χ1) is 15.5. The number of fused-ring (bicyclic) bond motifs is 1. The van der Waals surface area contributed by atoms with E-state index in [9.17, 15) is 31.1 Å². The molecule has 0 saturated heterocycles. The highest BCUT2D eigenvalue weighted by atomic mass is 19.4. The van der Waals surface area contributed by atoms with Gasteiger partial charge in [0.25, 0.3) is 5.56 Å². The van der Waals surface area contributed by atoms with Crippen LogP contribution >= 0.6 is 0 Å². The Hall–Kier alpha value is -3.88. The van der Waals surface area contributed by atoms with Crippen molar-refractivity contribution >= 4 is 23.1 Å². The zero-order valence-electron chi connectivity index (χ0n) is 16.7. The van der Waals surface area contributed by atoms with Gasteiger partial charge in [-0.1, -0.05) is 36.4 Å². The van der Waals surface area contributed by atoms with E-state index in [2.05, 4.69) is 4.98 Å². The van der Waals surface area contributed by atoms with Crippen LogP contribution in [0.15, 0.2) is 77.6 Å². The Kier molecular flexibility index (Phi) is 5.57. The molecule has 0 aliphatic rings. The number of nitrogens with zero attached hydrogens (tertiary/aromatic N) is 2. The lowest BCUT2D eigenvalue weighted by Gasteiger charge is -2.14. The van der Waals surface area contributed by atoms with Gasteiger partial charge in [0.15, 0.2) is 0 Å². The van der Waals surface area contributed by atoms with E-state index >= 15 is 0 Å². The summed E-state index contributed by atoms with van der Waals surface area (Å²) in [6, 6.07) is 15.0. The van der Waals surface area contributed by atoms with Crippen LogP contribution < -0.4 is 5.56 Å². The minimum atomic E-state index is -4.63. The molecule has 0 aliphatic carbocycles. The Morgan fingerprint density at radius 3 is 2.06 bits per heavy atom. The third-order valence-corrected chi connectivity index (χ3v) is 4.87. The number of alkyl halides is 6. The molecule has 0 fully saturated rings. The van der Waals surface area contributed by atoms with E-state index in [1.807, 2.05) is 0 Å². The molecule has 4 aromatic rings. The van der Waals surface area contributed by atoms with Crippen LogP contribution in [0, 0.1) is 0 Å². The smallest absolute Gasteiger partial charge is 0.268 e. The predicted molar refractivity (Wildman–Crippen MR) is 113 cm³/mol. The number of hydrogen-bond acceptors (Lipinski definition) is 2. The summed E-state index contributed by atoms with van der Waals surface area (Å²) in [4.78, 5) is 17.5. The van der Waals surface area contributed by atoms with Crippen LogP contribution in [0.3, 0.4) is 0 Å². The molecule has 0 spiro atoms. The van der Waals surface area contributed by atoms with Crippen molar-refractivity contribution in [2.45, 2.75) is 12.4 Å². The van der Waals surface area contributed by atoms with Crippen molar-refractivity contribution in [2.24, 2.45) is 0 Å². The van der Waals surface area contributed by atoms with Gasteiger partial charge < -0.3 is 0 Å². The van der Waals surface area contributed by atoms with E-state index in [0.29, 0.717) is 5.52 Å². The minimum absolute atomic E-state index is 0.0320. The lowest BCUT2D eigenvalue weighted by molar-refractivity contribution is -0.138. The van der Waals surface area contributed by atoms with Gasteiger partial charge in [-0.05, 0) is 54.1 Å². The molecule has 33 heavy (non-hydrogen) atoms. The first-order valence-electron chi connectivity index (χ1n) is 9.59. The van der Waals surface area contributed by atoms with E-state index in [4.69, 9.17) is 0 Å². The molecule has 0 bridgehead atoms. The average Bonchev–Trinajstić information content (AvgIpc) is 2.77. The van der Waals surface area contributed by atoms with E-state index < -0.39 is 29.0 Å². The molecule has 4 rings (SSSR count). The van der Waals surface area contributed by atoms with Gasteiger partial charge in [0.2, 0.25) is 0 Å². The Labute approximate surface area is 183 Å². The van der Waals surface area contributed by atoms with Crippen molar-refractivity contribution in [3.63, 3.8) is 0 Å². The zero-order valence-corrected chi connectivity index (χ0v) is 16.7. The third kappa shape index (κ3) is 4.67. The van der Waals surface area contributed by atoms with Crippen LogP contribution in [-0.2, 0) is 12.4 Å². The van der Waals surface area contributed by atoms with Gasteiger partial charge in [-0.2, -0.15) is 26.3 Å². The molecule has 1 heterocycles. The van der Waals surface area contributed by atoms with Crippen molar-refractivity contribution in [1.29, 1.82) is 0 Å². The highest BCUT2D eigenvalue weighted by Crippen LogP contribution is 2.31. The van der Waals surface area contributed by atoms with Gasteiger partial charge in [0, 0.05) is 0 Å². The molecule has 0 atom stereocenters. The summed E-state index contributed by atoms with van der Waals surface area (Å²) >= 11 is 0. The summed E-state index contributed by atoms with van der Waals surface area (Å²) in [6.07, 6.45) is -6.55. The Morgan fingerprint density at radius 1 is 0.727 bits per heavy atom. The number of rotatable bonds is 3. The summed E-state index contributed by atoms with van der Waals surface area (Å²) < 4.78 is 79.7. The number of benzene rings is 3. The predicted octanol–water partition coefficient (Wildman–Crippen LogP) is 6.59. The summed E-state index contributed by atoms with van der Waals surface area (Å²) in [7, 11) is 0. The number of para-hydroxylation sites is 1. The van der Waals surface area contributed by atoms with Crippen molar-refractivity contribution in [2.75, 3.05) is 0 Å². The maximum absolute atomic E-state index is 13.2. The monoisotopic (exact) mass is 460 g/mol. The molecule has 0 unspecified atom stereocenters. The number of aromatic nitrogens is 2. The van der Waals surface area contributed by atoms with E-state index in [-0.39, 0.29) is 22.5 Å². The second-order valence-electron chi connectivity index (χ2n) is 7.13. The Morgan fingerprint density at radius 2 is 1.36 bits per heavy atom. The van der Waals surface area contributed by atoms with Crippen LogP contribution in [0.25, 0.3) is 28.7 Å². The maximum atomic E-state index is 13.2. The van der Waals surface area contributed by atoms with Gasteiger partial charge in [-0.15, -0.1) is 0 Å². The molecule has 0 N–H and O–H groups in total. The van der Waals surface area contributed by atoms with Gasteiger partial charge in [-0.25, -0.2) is 4.98 Å². The van der Waals surface area contributed by atoms with Crippen molar-refractivity contribution in [3.8, 4) is 5.69 Å². The van der Waals surface area contributed by atoms with E-state index in [1.54, 1.807) is 18.2 Å². The summed E-state index contributed by atoms with van der Waals surface area (Å²) in [5.74, 6) is -0.0320. The number of hydrogen-bond donors (Lipinski definition) is 0. The van der Waals surface area contributed by atoms with Crippen LogP contribution in [0.2, 0.25) is 0 Å². The molecule has 0 aliphatic heterocycles. The molecule has 1 aromatic heterocycles. The minimum Gasteiger partial charge on any atom is -0.268 e. The van der Waals surface area contributed by atoms with Gasteiger partial charge in [0.05, 0.1) is 27.7 Å². The Balaban J connectivity index is 1.90. The quantitative estimate of drug-likeness (QED) is 0.323. The topological polar surface area (TPSA) is 34.9 Å². The van der Waals surface area contributed by atoms with Gasteiger partial charge in [-0.3, -0.25) is 9.36 Å². The third-order valence-electron chi connectivity index (χ3n) is 4.87. The molecular formula is C24H14F6N2O. The second-order valence-corrected chi connectivity index (χ2v) is 7.13. The van der Waals surface area contributed by atoms with Gasteiger partial charge >= 0.3 is 12.4 Å². The van der Waals surface area contributed by atoms with Crippen LogP contribution in [0.5, 0.6) is 0 Å². The van der Waals surface area contributed by atoms with Crippen LogP contribution in [0.1, 0.15) is 22.5 Å². The van der Waals surface area contributed by atoms with Crippen LogP contribution in [-0.4, -0.2) is 9.55 Å². The second kappa shape index (κ2) is 8.23. The zero-order chi connectivity index (χ0) is 23.8. The SMILES string of the molecule is O=c1c2ccccc2nc(/C=C\c2cccc(C(F)(F)F)c2)n1-c1cccc(C(F)(F)F)c1. The molecule has 3 nitrogen and oxygen atoms in total. The van der Waals surface area contributed by atoms with E-state index in [0.717, 1.165) is 28.8 Å².